The third-order valence-corrected chi connectivity index (χ3v) is 4.73. The first-order valence-electron chi connectivity index (χ1n) is 5.57. The molecule has 0 aromatic carbocycles. The number of fused-ring (bicyclic) bond motifs is 1. The molecule has 0 aromatic rings. The van der Waals surface area contributed by atoms with Gasteiger partial charge in [-0.15, -0.1) is 0 Å². The molecule has 2 nitrogen and oxygen atoms in total. The molecule has 0 bridgehead atoms. The Balaban J connectivity index is 1.84. The van der Waals surface area contributed by atoms with E-state index in [1.165, 1.54) is 0 Å². The highest BCUT2D eigenvalue weighted by Crippen LogP contribution is 2.65. The second-order valence-corrected chi connectivity index (χ2v) is 7.67. The van der Waals surface area contributed by atoms with Crippen LogP contribution >= 0.6 is 0 Å². The second-order valence-electron chi connectivity index (χ2n) is 5.74. The zero-order chi connectivity index (χ0) is 12.1. The van der Waals surface area contributed by atoms with Gasteiger partial charge in [0.2, 0.25) is 0 Å². The number of halogens is 2. The molecule has 0 radical (unpaired) electrons. The minimum atomic E-state index is -2.42. The summed E-state index contributed by atoms with van der Waals surface area (Å²) in [5, 5.41) is 0. The molecule has 2 saturated carbocycles. The van der Waals surface area contributed by atoms with E-state index in [2.05, 4.69) is 4.40 Å². The molecule has 4 atom stereocenters. The van der Waals surface area contributed by atoms with E-state index in [0.29, 0.717) is 12.8 Å². The Morgan fingerprint density at radius 2 is 1.81 bits per heavy atom. The van der Waals surface area contributed by atoms with Gasteiger partial charge in [0.15, 0.2) is 0 Å². The number of hydrogen-bond acceptors (Lipinski definition) is 2. The largest absolute Gasteiger partial charge is 0.591 e. The molecular weight excluding hydrogens is 232 g/mol. The Kier molecular flexibility index (Phi) is 2.82. The molecule has 0 unspecified atom stereocenters. The molecule has 0 heterocycles. The zero-order valence-corrected chi connectivity index (χ0v) is 10.6. The molecule has 2 aliphatic carbocycles. The third kappa shape index (κ3) is 2.12. The molecule has 92 valence electrons. The Hall–Kier alpha value is -0.160. The molecule has 0 N–H and O–H groups in total. The molecule has 2 rings (SSSR count). The highest BCUT2D eigenvalue weighted by Gasteiger charge is 2.71. The molecule has 2 aliphatic rings. The van der Waals surface area contributed by atoms with E-state index >= 15 is 0 Å². The van der Waals surface area contributed by atoms with Crippen LogP contribution in [-0.4, -0.2) is 21.4 Å². The Morgan fingerprint density at radius 1 is 1.31 bits per heavy atom. The van der Waals surface area contributed by atoms with Crippen molar-refractivity contribution < 1.29 is 13.3 Å². The van der Waals surface area contributed by atoms with Gasteiger partial charge in [-0.2, -0.15) is 0 Å². The summed E-state index contributed by atoms with van der Waals surface area (Å²) in [6.07, 6.45) is 2.63. The summed E-state index contributed by atoms with van der Waals surface area (Å²) >= 11 is -1.27. The lowest BCUT2D eigenvalue weighted by Gasteiger charge is -2.18. The quantitative estimate of drug-likeness (QED) is 0.547. The van der Waals surface area contributed by atoms with E-state index in [9.17, 15) is 13.3 Å². The van der Waals surface area contributed by atoms with Crippen molar-refractivity contribution in [3.63, 3.8) is 0 Å². The molecule has 0 saturated heterocycles. The maximum atomic E-state index is 12.9. The molecule has 5 heteroatoms. The van der Waals surface area contributed by atoms with E-state index in [1.54, 1.807) is 6.21 Å². The number of hydrogen-bond donors (Lipinski definition) is 0. The van der Waals surface area contributed by atoms with Crippen molar-refractivity contribution in [2.45, 2.75) is 44.3 Å². The topological polar surface area (TPSA) is 35.4 Å². The highest BCUT2D eigenvalue weighted by atomic mass is 32.2. The van der Waals surface area contributed by atoms with Crippen LogP contribution in [0.2, 0.25) is 0 Å². The zero-order valence-electron chi connectivity index (χ0n) is 9.74. The van der Waals surface area contributed by atoms with E-state index < -0.39 is 29.1 Å². The van der Waals surface area contributed by atoms with Crippen LogP contribution in [0, 0.1) is 17.8 Å². The summed E-state index contributed by atoms with van der Waals surface area (Å²) in [6.45, 7) is 5.54. The number of alkyl halides is 2. The maximum Gasteiger partial charge on any atom is 0.254 e. The minimum absolute atomic E-state index is 0.0981. The Bertz CT molecular complexity index is 300. The van der Waals surface area contributed by atoms with Crippen molar-refractivity contribution in [1.82, 2.24) is 0 Å². The Labute approximate surface area is 97.8 Å². The van der Waals surface area contributed by atoms with Crippen molar-refractivity contribution in [3.8, 4) is 0 Å². The summed E-state index contributed by atoms with van der Waals surface area (Å²) in [4.78, 5) is 0. The summed E-state index contributed by atoms with van der Waals surface area (Å²) in [6, 6.07) is 0. The van der Waals surface area contributed by atoms with Gasteiger partial charge < -0.3 is 4.55 Å². The molecule has 2 fully saturated rings. The predicted octanol–water partition coefficient (Wildman–Crippen LogP) is 2.81. The van der Waals surface area contributed by atoms with E-state index in [-0.39, 0.29) is 10.7 Å². The van der Waals surface area contributed by atoms with Crippen molar-refractivity contribution in [3.05, 3.63) is 0 Å². The average molecular weight is 249 g/mol. The molecule has 0 aromatic heterocycles. The standard InChI is InChI=1S/C11H17F2NOS/c1-10(2,3)16(15)14-6-7-4-8-9(5-7)11(8,12)13/h6-9H,4-5H2,1-3H3/b14-6+/t7-,8-,9+,16-/m0/s1. The van der Waals surface area contributed by atoms with Gasteiger partial charge in [-0.1, -0.05) is 4.40 Å². The molecule has 16 heavy (non-hydrogen) atoms. The lowest BCUT2D eigenvalue weighted by atomic mass is 10.0. The molecule has 0 amide bonds. The normalized spacial score (nSPS) is 38.8. The first-order valence-corrected chi connectivity index (χ1v) is 6.67. The van der Waals surface area contributed by atoms with Crippen molar-refractivity contribution in [1.29, 1.82) is 0 Å². The van der Waals surface area contributed by atoms with Gasteiger partial charge >= 0.3 is 0 Å². The van der Waals surface area contributed by atoms with Gasteiger partial charge in [0.25, 0.3) is 5.92 Å². The van der Waals surface area contributed by atoms with Gasteiger partial charge in [0.1, 0.15) is 16.1 Å². The van der Waals surface area contributed by atoms with Gasteiger partial charge in [-0.25, -0.2) is 8.78 Å². The maximum absolute atomic E-state index is 12.9. The predicted molar refractivity (Wildman–Crippen MR) is 61.0 cm³/mol. The SMILES string of the molecule is CC(C)(C)[S@+]([O-])/N=C/[C@@H]1C[C@@H]2[C@H](C1)C2(F)F. The van der Waals surface area contributed by atoms with E-state index in [4.69, 9.17) is 0 Å². The monoisotopic (exact) mass is 249 g/mol. The lowest BCUT2D eigenvalue weighted by molar-refractivity contribution is 0.0691. The fourth-order valence-electron chi connectivity index (χ4n) is 2.27. The van der Waals surface area contributed by atoms with Crippen molar-refractivity contribution in [2.24, 2.45) is 22.2 Å². The molecule has 0 spiro atoms. The van der Waals surface area contributed by atoms with Crippen molar-refractivity contribution >= 4 is 17.6 Å². The van der Waals surface area contributed by atoms with Gasteiger partial charge in [-0.3, -0.25) is 0 Å². The minimum Gasteiger partial charge on any atom is -0.591 e. The summed E-state index contributed by atoms with van der Waals surface area (Å²) in [7, 11) is 0. The Morgan fingerprint density at radius 3 is 2.25 bits per heavy atom. The summed E-state index contributed by atoms with van der Waals surface area (Å²) in [5.41, 5.74) is 0. The van der Waals surface area contributed by atoms with Crippen LogP contribution in [0.1, 0.15) is 33.6 Å². The average Bonchev–Trinajstić information content (AvgIpc) is 2.57. The third-order valence-electron chi connectivity index (χ3n) is 3.37. The van der Waals surface area contributed by atoms with Crippen LogP contribution in [-0.2, 0) is 11.4 Å². The van der Waals surface area contributed by atoms with Crippen LogP contribution in [0.15, 0.2) is 4.40 Å². The van der Waals surface area contributed by atoms with Crippen LogP contribution in [0.25, 0.3) is 0 Å². The molecular formula is C11H17F2NOS. The first kappa shape index (κ1) is 12.3. The van der Waals surface area contributed by atoms with Crippen LogP contribution in [0.5, 0.6) is 0 Å². The van der Waals surface area contributed by atoms with Gasteiger partial charge in [-0.05, 0) is 39.5 Å². The summed E-state index contributed by atoms with van der Waals surface area (Å²) in [5.74, 6) is -3.20. The lowest BCUT2D eigenvalue weighted by Crippen LogP contribution is -2.26. The van der Waals surface area contributed by atoms with E-state index in [0.717, 1.165) is 0 Å². The van der Waals surface area contributed by atoms with Crippen LogP contribution in [0.4, 0.5) is 8.78 Å². The van der Waals surface area contributed by atoms with Crippen LogP contribution < -0.4 is 0 Å². The van der Waals surface area contributed by atoms with E-state index in [1.807, 2.05) is 20.8 Å². The fraction of sp³-hybridized carbons (Fsp3) is 0.909. The second kappa shape index (κ2) is 3.67. The summed E-state index contributed by atoms with van der Waals surface area (Å²) < 4.78 is 41.0. The number of nitrogens with zero attached hydrogens (tertiary/aromatic N) is 1. The van der Waals surface area contributed by atoms with Gasteiger partial charge in [0, 0.05) is 11.8 Å². The van der Waals surface area contributed by atoms with Crippen LogP contribution in [0.3, 0.4) is 0 Å². The van der Waals surface area contributed by atoms with Crippen molar-refractivity contribution in [2.75, 3.05) is 0 Å². The highest BCUT2D eigenvalue weighted by molar-refractivity contribution is 7.91. The molecule has 0 aliphatic heterocycles. The fourth-order valence-corrected chi connectivity index (χ4v) is 2.87. The smallest absolute Gasteiger partial charge is 0.254 e. The number of rotatable bonds is 2. The first-order chi connectivity index (χ1) is 7.23. The van der Waals surface area contributed by atoms with Gasteiger partial charge in [0.05, 0.1) is 6.21 Å².